The first-order valence-electron chi connectivity index (χ1n) is 3.68. The number of aliphatic carboxylic acids is 1. The molecule has 0 heterocycles. The highest BCUT2D eigenvalue weighted by atomic mass is 31.2. The van der Waals surface area contributed by atoms with Crippen LogP contribution >= 0.6 is 7.60 Å². The summed E-state index contributed by atoms with van der Waals surface area (Å²) < 4.78 is 10.0. The van der Waals surface area contributed by atoms with Crippen molar-refractivity contribution in [2.24, 2.45) is 0 Å². The number of carbonyl (C=O) groups excluding carboxylic acids is 1. The fourth-order valence-corrected chi connectivity index (χ4v) is 0.707. The van der Waals surface area contributed by atoms with Crippen LogP contribution in [0, 0.1) is 0 Å². The molecule has 0 aromatic carbocycles. The molecule has 9 heteroatoms. The van der Waals surface area contributed by atoms with Gasteiger partial charge in [0.05, 0.1) is 25.4 Å². The molecule has 0 aliphatic rings. The van der Waals surface area contributed by atoms with Gasteiger partial charge >= 0.3 is 7.60 Å². The number of aliphatic hydroxyl groups excluding tert-OH is 1. The Hall–Kier alpha value is -0.500. The van der Waals surface area contributed by atoms with Crippen LogP contribution in [0.2, 0.25) is 0 Å². The number of nitrogens with one attached hydrogen (secondary N) is 1. The molecule has 0 bridgehead atoms. The summed E-state index contributed by atoms with van der Waals surface area (Å²) in [5, 5.41) is 19.5. The third-order valence-corrected chi connectivity index (χ3v) is 1.38. The van der Waals surface area contributed by atoms with Crippen molar-refractivity contribution in [1.82, 2.24) is 5.32 Å². The Morgan fingerprint density at radius 1 is 1.50 bits per heavy atom. The summed E-state index contributed by atoms with van der Waals surface area (Å²) in [6, 6.07) is 0. The molecule has 8 nitrogen and oxygen atoms in total. The summed E-state index contributed by atoms with van der Waals surface area (Å²) in [6.45, 7) is 0.283. The van der Waals surface area contributed by atoms with E-state index >= 15 is 0 Å². The van der Waals surface area contributed by atoms with Crippen LogP contribution in [0.25, 0.3) is 0 Å². The average Bonchev–Trinajstić information content (AvgIpc) is 2.02. The minimum absolute atomic E-state index is 0.208. The Bertz CT molecular complexity index is 191. The van der Waals surface area contributed by atoms with Crippen molar-refractivity contribution in [2.45, 2.75) is 0 Å². The summed E-state index contributed by atoms with van der Waals surface area (Å²) in [7, 11) is -4.12. The van der Waals surface area contributed by atoms with Crippen LogP contribution in [0.15, 0.2) is 0 Å². The zero-order valence-corrected chi connectivity index (χ0v) is 8.44. The van der Waals surface area contributed by atoms with Crippen LogP contribution < -0.4 is 16.2 Å². The Labute approximate surface area is 80.9 Å². The fourth-order valence-electron chi connectivity index (χ4n) is 0.304. The van der Waals surface area contributed by atoms with Gasteiger partial charge in [0, 0.05) is 6.54 Å². The first-order chi connectivity index (χ1) is 6.33. The minimum Gasteiger partial charge on any atom is -0.549 e. The van der Waals surface area contributed by atoms with E-state index in [0.29, 0.717) is 6.54 Å². The van der Waals surface area contributed by atoms with E-state index in [0.717, 1.165) is 0 Å². The monoisotopic (exact) mass is 230 g/mol. The molecule has 0 amide bonds. The van der Waals surface area contributed by atoms with Gasteiger partial charge in [0.15, 0.2) is 0 Å². The van der Waals surface area contributed by atoms with Gasteiger partial charge in [-0.15, -0.1) is 0 Å². The van der Waals surface area contributed by atoms with Crippen LogP contribution in [0.3, 0.4) is 0 Å². The van der Waals surface area contributed by atoms with Gasteiger partial charge in [-0.1, -0.05) is 0 Å². The van der Waals surface area contributed by atoms with Crippen molar-refractivity contribution >= 4 is 13.6 Å². The lowest BCUT2D eigenvalue weighted by molar-refractivity contribution is -0.372. The molecule has 7 N–H and O–H groups in total. The molecule has 0 rings (SSSR count). The molecule has 0 radical (unpaired) electrons. The molecular weight excluding hydrogens is 215 g/mol. The summed E-state index contributed by atoms with van der Waals surface area (Å²) in [4.78, 5) is 26.0. The van der Waals surface area contributed by atoms with Crippen molar-refractivity contribution < 1.29 is 35.1 Å². The van der Waals surface area contributed by atoms with Gasteiger partial charge in [-0.25, -0.2) is 0 Å². The van der Waals surface area contributed by atoms with E-state index in [2.05, 4.69) is 5.73 Å². The predicted octanol–water partition coefficient (Wildman–Crippen LogP) is -4.32. The second kappa shape index (κ2) is 9.07. The van der Waals surface area contributed by atoms with Crippen molar-refractivity contribution in [3.05, 3.63) is 0 Å². The first-order valence-corrected chi connectivity index (χ1v) is 5.48. The molecule has 0 saturated carbocycles. The van der Waals surface area contributed by atoms with Gasteiger partial charge in [0.1, 0.15) is 0 Å². The number of hydrogen-bond acceptors (Lipinski definition) is 5. The average molecular weight is 230 g/mol. The van der Waals surface area contributed by atoms with Gasteiger partial charge in [0.2, 0.25) is 0 Å². The largest absolute Gasteiger partial charge is 0.549 e. The number of hydrogen-bond donors (Lipinski definition) is 5. The van der Waals surface area contributed by atoms with Crippen molar-refractivity contribution in [1.29, 1.82) is 0 Å². The summed E-state index contributed by atoms with van der Waals surface area (Å²) >= 11 is 0. The number of carbonyl (C=O) groups is 1. The zero-order chi connectivity index (χ0) is 11.6. The smallest absolute Gasteiger partial charge is 0.339 e. The van der Waals surface area contributed by atoms with Crippen LogP contribution in [0.5, 0.6) is 0 Å². The molecule has 0 spiro atoms. The number of rotatable bonds is 5. The highest BCUT2D eigenvalue weighted by Crippen LogP contribution is 2.31. The Kier molecular flexibility index (Phi) is 10.3. The number of quaternary nitrogens is 1. The summed E-state index contributed by atoms with van der Waals surface area (Å²) in [5.41, 5.74) is 3.35. The SMILES string of the molecule is O=C([O-])CNCP(=O)(O)O.[NH3+]CCO. The molecule has 86 valence electrons. The van der Waals surface area contributed by atoms with Gasteiger partial charge in [-0.3, -0.25) is 4.57 Å². The predicted molar refractivity (Wildman–Crippen MR) is 44.8 cm³/mol. The van der Waals surface area contributed by atoms with Gasteiger partial charge in [0.25, 0.3) is 0 Å². The molecule has 0 atom stereocenters. The molecule has 0 saturated heterocycles. The van der Waals surface area contributed by atoms with Gasteiger partial charge in [-0.2, -0.15) is 0 Å². The lowest BCUT2D eigenvalue weighted by Gasteiger charge is -2.05. The number of carboxylic acids is 1. The van der Waals surface area contributed by atoms with E-state index < -0.39 is 26.4 Å². The molecule has 0 aliphatic carbocycles. The lowest BCUT2D eigenvalue weighted by atomic mass is 10.7. The third kappa shape index (κ3) is 22.5. The molecule has 0 aromatic heterocycles. The minimum atomic E-state index is -4.12. The highest BCUT2D eigenvalue weighted by Gasteiger charge is 2.10. The highest BCUT2D eigenvalue weighted by molar-refractivity contribution is 7.51. The second-order valence-corrected chi connectivity index (χ2v) is 3.84. The topological polar surface area (TPSA) is 158 Å². The van der Waals surface area contributed by atoms with E-state index in [1.807, 2.05) is 5.32 Å². The van der Waals surface area contributed by atoms with E-state index in [9.17, 15) is 14.5 Å². The normalized spacial score (nSPS) is 10.3. The zero-order valence-electron chi connectivity index (χ0n) is 7.55. The maximum Gasteiger partial charge on any atom is 0.339 e. The van der Waals surface area contributed by atoms with Crippen LogP contribution in [-0.2, 0) is 9.36 Å². The van der Waals surface area contributed by atoms with Crippen molar-refractivity contribution in [3.63, 3.8) is 0 Å². The van der Waals surface area contributed by atoms with Crippen molar-refractivity contribution in [2.75, 3.05) is 26.0 Å². The van der Waals surface area contributed by atoms with Gasteiger partial charge in [-0.05, 0) is 0 Å². The molecule has 14 heavy (non-hydrogen) atoms. The quantitative estimate of drug-likeness (QED) is 0.299. The summed E-state index contributed by atoms with van der Waals surface area (Å²) in [5.74, 6) is -1.39. The Morgan fingerprint density at radius 2 is 1.93 bits per heavy atom. The van der Waals surface area contributed by atoms with Gasteiger partial charge < -0.3 is 35.8 Å². The fraction of sp³-hybridized carbons (Fsp3) is 0.800. The van der Waals surface area contributed by atoms with E-state index in [1.165, 1.54) is 0 Å². The van der Waals surface area contributed by atoms with Crippen LogP contribution in [0.1, 0.15) is 0 Å². The molecule has 0 fully saturated rings. The lowest BCUT2D eigenvalue weighted by Crippen LogP contribution is -2.51. The maximum atomic E-state index is 10.0. The second-order valence-electron chi connectivity index (χ2n) is 2.20. The van der Waals surface area contributed by atoms with Crippen LogP contribution in [0.4, 0.5) is 0 Å². The maximum absolute atomic E-state index is 10.0. The summed E-state index contributed by atoms with van der Waals surface area (Å²) in [6.07, 6.45) is -0.638. The third-order valence-electron chi connectivity index (χ3n) is 0.745. The Morgan fingerprint density at radius 3 is 2.14 bits per heavy atom. The van der Waals surface area contributed by atoms with Crippen LogP contribution in [-0.4, -0.2) is 46.8 Å². The number of carboxylic acid groups (broad SMARTS) is 1. The Balaban J connectivity index is 0. The molecular formula is C5H15N2O6P. The van der Waals surface area contributed by atoms with E-state index in [4.69, 9.17) is 14.9 Å². The van der Waals surface area contributed by atoms with E-state index in [1.54, 1.807) is 0 Å². The first kappa shape index (κ1) is 15.9. The van der Waals surface area contributed by atoms with Crippen molar-refractivity contribution in [3.8, 4) is 0 Å². The van der Waals surface area contributed by atoms with E-state index in [-0.39, 0.29) is 6.61 Å². The molecule has 0 aliphatic heterocycles. The molecule has 0 unspecified atom stereocenters. The standard InChI is InChI=1S/C3H8NO5P.C2H7NO/c5-3(6)1-4-2-10(7,8)9;3-1-2-4/h4H,1-2H2,(H,5,6)(H2,7,8,9);4H,1-3H2. The molecule has 0 aromatic rings. The number of aliphatic hydroxyl groups is 1.